The largest absolute Gasteiger partial charge is 0.387 e. The standard InChI is InChI=1S/C10H14N2O/c1-8-4-9(2-3-12-8)5-10(13)6-11-7-10/h2-4,11,13H,5-7H2,1H3. The van der Waals surface area contributed by atoms with Crippen LogP contribution in [-0.2, 0) is 6.42 Å². The monoisotopic (exact) mass is 178 g/mol. The van der Waals surface area contributed by atoms with Crippen molar-refractivity contribution in [2.75, 3.05) is 13.1 Å². The molecule has 13 heavy (non-hydrogen) atoms. The molecule has 0 aliphatic carbocycles. The molecule has 1 aliphatic heterocycles. The van der Waals surface area contributed by atoms with Crippen molar-refractivity contribution in [2.24, 2.45) is 0 Å². The molecule has 0 radical (unpaired) electrons. The normalized spacial score (nSPS) is 19.5. The van der Waals surface area contributed by atoms with Crippen LogP contribution in [0.2, 0.25) is 0 Å². The van der Waals surface area contributed by atoms with Crippen molar-refractivity contribution in [3.63, 3.8) is 0 Å². The van der Waals surface area contributed by atoms with Gasteiger partial charge in [0.05, 0.1) is 5.60 Å². The minimum atomic E-state index is -0.520. The van der Waals surface area contributed by atoms with Gasteiger partial charge in [0.2, 0.25) is 0 Å². The van der Waals surface area contributed by atoms with E-state index < -0.39 is 5.60 Å². The van der Waals surface area contributed by atoms with E-state index in [4.69, 9.17) is 0 Å². The molecule has 3 heteroatoms. The van der Waals surface area contributed by atoms with Crippen LogP contribution in [0.25, 0.3) is 0 Å². The van der Waals surface area contributed by atoms with E-state index in [2.05, 4.69) is 10.3 Å². The molecule has 0 spiro atoms. The summed E-state index contributed by atoms with van der Waals surface area (Å²) in [5, 5.41) is 12.9. The molecule has 1 aromatic heterocycles. The first-order valence-electron chi connectivity index (χ1n) is 4.53. The number of hydrogen-bond donors (Lipinski definition) is 2. The Morgan fingerprint density at radius 1 is 1.62 bits per heavy atom. The Hall–Kier alpha value is -0.930. The Kier molecular flexibility index (Phi) is 2.06. The van der Waals surface area contributed by atoms with Gasteiger partial charge in [0.1, 0.15) is 0 Å². The molecule has 0 amide bonds. The predicted molar refractivity (Wildman–Crippen MR) is 50.5 cm³/mol. The highest BCUT2D eigenvalue weighted by Gasteiger charge is 2.34. The molecule has 3 nitrogen and oxygen atoms in total. The van der Waals surface area contributed by atoms with Crippen LogP contribution in [0.5, 0.6) is 0 Å². The maximum Gasteiger partial charge on any atom is 0.0935 e. The zero-order valence-electron chi connectivity index (χ0n) is 7.75. The fourth-order valence-electron chi connectivity index (χ4n) is 1.63. The zero-order chi connectivity index (χ0) is 9.31. The molecular weight excluding hydrogens is 164 g/mol. The average Bonchev–Trinajstić information content (AvgIpc) is 2.01. The summed E-state index contributed by atoms with van der Waals surface area (Å²) >= 11 is 0. The lowest BCUT2D eigenvalue weighted by molar-refractivity contribution is -0.00903. The average molecular weight is 178 g/mol. The first-order valence-corrected chi connectivity index (χ1v) is 4.53. The number of β-amino-alcohol motifs (C(OH)–C–C–N with tert-alkyl or cyclic N) is 1. The highest BCUT2D eigenvalue weighted by atomic mass is 16.3. The van der Waals surface area contributed by atoms with Crippen LogP contribution in [-0.4, -0.2) is 28.8 Å². The van der Waals surface area contributed by atoms with Gasteiger partial charge in [0, 0.05) is 31.4 Å². The fourth-order valence-corrected chi connectivity index (χ4v) is 1.63. The Balaban J connectivity index is 2.09. The summed E-state index contributed by atoms with van der Waals surface area (Å²) < 4.78 is 0. The lowest BCUT2D eigenvalue weighted by atomic mass is 9.89. The number of pyridine rings is 1. The first-order chi connectivity index (χ1) is 6.18. The minimum Gasteiger partial charge on any atom is -0.387 e. The topological polar surface area (TPSA) is 45.1 Å². The second-order valence-electron chi connectivity index (χ2n) is 3.81. The highest BCUT2D eigenvalue weighted by molar-refractivity contribution is 5.19. The van der Waals surface area contributed by atoms with E-state index in [-0.39, 0.29) is 0 Å². The number of nitrogens with zero attached hydrogens (tertiary/aromatic N) is 1. The summed E-state index contributed by atoms with van der Waals surface area (Å²) in [4.78, 5) is 4.12. The molecule has 0 aromatic carbocycles. The number of aliphatic hydroxyl groups is 1. The van der Waals surface area contributed by atoms with Crippen molar-refractivity contribution in [1.29, 1.82) is 0 Å². The smallest absolute Gasteiger partial charge is 0.0935 e. The highest BCUT2D eigenvalue weighted by Crippen LogP contribution is 2.17. The second-order valence-corrected chi connectivity index (χ2v) is 3.81. The first kappa shape index (κ1) is 8.66. The quantitative estimate of drug-likeness (QED) is 0.683. The van der Waals surface area contributed by atoms with E-state index in [1.54, 1.807) is 6.20 Å². The van der Waals surface area contributed by atoms with Gasteiger partial charge in [0.15, 0.2) is 0 Å². The van der Waals surface area contributed by atoms with Crippen LogP contribution in [0.1, 0.15) is 11.3 Å². The van der Waals surface area contributed by atoms with Gasteiger partial charge in [-0.2, -0.15) is 0 Å². The van der Waals surface area contributed by atoms with Crippen molar-refractivity contribution in [3.05, 3.63) is 29.6 Å². The Bertz CT molecular complexity index is 308. The van der Waals surface area contributed by atoms with Gasteiger partial charge in [-0.1, -0.05) is 0 Å². The molecule has 0 bridgehead atoms. The third-order valence-electron chi connectivity index (χ3n) is 2.40. The van der Waals surface area contributed by atoms with Gasteiger partial charge in [0.25, 0.3) is 0 Å². The van der Waals surface area contributed by atoms with Gasteiger partial charge in [-0.25, -0.2) is 0 Å². The summed E-state index contributed by atoms with van der Waals surface area (Å²) in [7, 11) is 0. The van der Waals surface area contributed by atoms with E-state index >= 15 is 0 Å². The SMILES string of the molecule is Cc1cc(CC2(O)CNC2)ccn1. The summed E-state index contributed by atoms with van der Waals surface area (Å²) in [6.07, 6.45) is 2.52. The lowest BCUT2D eigenvalue weighted by Crippen LogP contribution is -2.60. The molecule has 2 heterocycles. The van der Waals surface area contributed by atoms with Crippen LogP contribution in [0.15, 0.2) is 18.3 Å². The van der Waals surface area contributed by atoms with E-state index in [1.165, 1.54) is 0 Å². The molecule has 70 valence electrons. The maximum absolute atomic E-state index is 9.87. The third kappa shape index (κ3) is 1.87. The Labute approximate surface area is 77.8 Å². The summed E-state index contributed by atoms with van der Waals surface area (Å²) in [5.74, 6) is 0. The van der Waals surface area contributed by atoms with Crippen molar-refractivity contribution in [2.45, 2.75) is 18.9 Å². The molecule has 1 fully saturated rings. The Morgan fingerprint density at radius 3 is 2.92 bits per heavy atom. The van der Waals surface area contributed by atoms with Crippen LogP contribution < -0.4 is 5.32 Å². The molecule has 1 saturated heterocycles. The predicted octanol–water partition coefficient (Wildman–Crippen LogP) is 0.267. The van der Waals surface area contributed by atoms with E-state index in [0.29, 0.717) is 13.1 Å². The maximum atomic E-state index is 9.87. The zero-order valence-corrected chi connectivity index (χ0v) is 7.75. The van der Waals surface area contributed by atoms with E-state index in [9.17, 15) is 5.11 Å². The number of aryl methyl sites for hydroxylation is 1. The second kappa shape index (κ2) is 3.09. The molecule has 2 N–H and O–H groups in total. The van der Waals surface area contributed by atoms with Crippen LogP contribution in [0, 0.1) is 6.92 Å². The van der Waals surface area contributed by atoms with Crippen LogP contribution in [0.3, 0.4) is 0 Å². The van der Waals surface area contributed by atoms with Gasteiger partial charge >= 0.3 is 0 Å². The van der Waals surface area contributed by atoms with Crippen molar-refractivity contribution < 1.29 is 5.11 Å². The summed E-state index contributed by atoms with van der Waals surface area (Å²) in [6.45, 7) is 3.37. The molecule has 1 aliphatic rings. The minimum absolute atomic E-state index is 0.520. The third-order valence-corrected chi connectivity index (χ3v) is 2.40. The lowest BCUT2D eigenvalue weighted by Gasteiger charge is -2.37. The number of nitrogens with one attached hydrogen (secondary N) is 1. The molecule has 0 atom stereocenters. The fraction of sp³-hybridized carbons (Fsp3) is 0.500. The summed E-state index contributed by atoms with van der Waals surface area (Å²) in [6, 6.07) is 3.99. The van der Waals surface area contributed by atoms with Crippen LogP contribution >= 0.6 is 0 Å². The van der Waals surface area contributed by atoms with Crippen molar-refractivity contribution in [1.82, 2.24) is 10.3 Å². The van der Waals surface area contributed by atoms with Gasteiger partial charge in [-0.05, 0) is 24.6 Å². The van der Waals surface area contributed by atoms with Crippen molar-refractivity contribution in [3.8, 4) is 0 Å². The molecule has 0 unspecified atom stereocenters. The van der Waals surface area contributed by atoms with Gasteiger partial charge in [-0.15, -0.1) is 0 Å². The summed E-state index contributed by atoms with van der Waals surface area (Å²) in [5.41, 5.74) is 1.65. The van der Waals surface area contributed by atoms with Gasteiger partial charge < -0.3 is 10.4 Å². The molecule has 0 saturated carbocycles. The molecular formula is C10H14N2O. The van der Waals surface area contributed by atoms with Crippen molar-refractivity contribution >= 4 is 0 Å². The Morgan fingerprint density at radius 2 is 2.38 bits per heavy atom. The number of rotatable bonds is 2. The van der Waals surface area contributed by atoms with Crippen LogP contribution in [0.4, 0.5) is 0 Å². The van der Waals surface area contributed by atoms with E-state index in [1.807, 2.05) is 19.1 Å². The number of hydrogen-bond acceptors (Lipinski definition) is 3. The van der Waals surface area contributed by atoms with E-state index in [0.717, 1.165) is 17.7 Å². The molecule has 2 rings (SSSR count). The molecule has 1 aromatic rings. The van der Waals surface area contributed by atoms with Gasteiger partial charge in [-0.3, -0.25) is 4.98 Å². The number of aromatic nitrogens is 1.